The van der Waals surface area contributed by atoms with E-state index >= 15 is 0 Å². The summed E-state index contributed by atoms with van der Waals surface area (Å²) in [6, 6.07) is 6.60. The molecule has 0 N–H and O–H groups in total. The summed E-state index contributed by atoms with van der Waals surface area (Å²) in [4.78, 5) is 22.5. The number of hydrogen-bond acceptors (Lipinski definition) is 4. The standard InChI is InChI=1S/C25H30FN5O/c1-16-10-12-29(14-16)24-17(2)15-31-23(27-24)13-21(28-31)22-9-4-5-11-30(22)25(32)19-7-6-8-20(26)18(19)3/h6-8,13,15-16,22H,4-5,9-12,14H2,1-3H3/t16-,22-/m0/s1. The second-order valence-corrected chi connectivity index (χ2v) is 9.38. The van der Waals surface area contributed by atoms with E-state index in [0.717, 1.165) is 55.1 Å². The van der Waals surface area contributed by atoms with Gasteiger partial charge in [0.05, 0.1) is 11.7 Å². The first-order valence-corrected chi connectivity index (χ1v) is 11.6. The van der Waals surface area contributed by atoms with Crippen LogP contribution in [0.3, 0.4) is 0 Å². The van der Waals surface area contributed by atoms with Gasteiger partial charge >= 0.3 is 0 Å². The fourth-order valence-corrected chi connectivity index (χ4v) is 5.11. The number of aromatic nitrogens is 3. The van der Waals surface area contributed by atoms with Gasteiger partial charge in [-0.1, -0.05) is 13.0 Å². The number of piperidine rings is 1. The van der Waals surface area contributed by atoms with Crippen molar-refractivity contribution in [3.63, 3.8) is 0 Å². The van der Waals surface area contributed by atoms with Crippen molar-refractivity contribution in [2.75, 3.05) is 24.5 Å². The van der Waals surface area contributed by atoms with Crippen LogP contribution in [0.4, 0.5) is 10.2 Å². The number of amides is 1. The van der Waals surface area contributed by atoms with E-state index in [4.69, 9.17) is 10.1 Å². The van der Waals surface area contributed by atoms with Crippen LogP contribution in [0.1, 0.15) is 65.8 Å². The lowest BCUT2D eigenvalue weighted by molar-refractivity contribution is 0.0604. The zero-order valence-corrected chi connectivity index (χ0v) is 19.0. The molecular weight excluding hydrogens is 405 g/mol. The number of aryl methyl sites for hydroxylation is 1. The summed E-state index contributed by atoms with van der Waals surface area (Å²) >= 11 is 0. The molecule has 3 aromatic rings. The molecule has 2 fully saturated rings. The zero-order chi connectivity index (χ0) is 22.4. The van der Waals surface area contributed by atoms with Crippen molar-refractivity contribution >= 4 is 17.4 Å². The van der Waals surface area contributed by atoms with Gasteiger partial charge in [-0.05, 0) is 63.1 Å². The molecule has 4 heterocycles. The molecule has 2 saturated heterocycles. The predicted molar refractivity (Wildman–Crippen MR) is 122 cm³/mol. The normalized spacial score (nSPS) is 21.5. The van der Waals surface area contributed by atoms with Crippen molar-refractivity contribution in [1.29, 1.82) is 0 Å². The van der Waals surface area contributed by atoms with E-state index in [2.05, 4.69) is 18.7 Å². The van der Waals surface area contributed by atoms with Crippen molar-refractivity contribution in [3.05, 3.63) is 58.7 Å². The molecule has 0 saturated carbocycles. The number of benzene rings is 1. The number of fused-ring (bicyclic) bond motifs is 1. The van der Waals surface area contributed by atoms with Crippen LogP contribution in [0.15, 0.2) is 30.5 Å². The van der Waals surface area contributed by atoms with Gasteiger partial charge in [0.15, 0.2) is 5.65 Å². The fourth-order valence-electron chi connectivity index (χ4n) is 5.11. The Hall–Kier alpha value is -2.96. The van der Waals surface area contributed by atoms with Crippen molar-refractivity contribution in [2.45, 2.75) is 52.5 Å². The first-order valence-electron chi connectivity index (χ1n) is 11.6. The molecule has 168 valence electrons. The smallest absolute Gasteiger partial charge is 0.254 e. The molecule has 0 spiro atoms. The average Bonchev–Trinajstić information content (AvgIpc) is 3.40. The third-order valence-electron chi connectivity index (χ3n) is 6.95. The van der Waals surface area contributed by atoms with Gasteiger partial charge in [-0.15, -0.1) is 0 Å². The van der Waals surface area contributed by atoms with Crippen LogP contribution < -0.4 is 4.90 Å². The molecule has 7 heteroatoms. The summed E-state index contributed by atoms with van der Waals surface area (Å²) in [7, 11) is 0. The second-order valence-electron chi connectivity index (χ2n) is 9.38. The average molecular weight is 436 g/mol. The Bertz CT molecular complexity index is 1170. The lowest BCUT2D eigenvalue weighted by Gasteiger charge is -2.35. The monoisotopic (exact) mass is 435 g/mol. The second kappa shape index (κ2) is 8.19. The Morgan fingerprint density at radius 1 is 1.16 bits per heavy atom. The number of halogens is 1. The van der Waals surface area contributed by atoms with Crippen LogP contribution >= 0.6 is 0 Å². The summed E-state index contributed by atoms with van der Waals surface area (Å²) in [5.41, 5.74) is 3.60. The van der Waals surface area contributed by atoms with E-state index in [1.807, 2.05) is 21.7 Å². The van der Waals surface area contributed by atoms with Crippen LogP contribution in [0.5, 0.6) is 0 Å². The molecule has 2 aromatic heterocycles. The molecule has 0 unspecified atom stereocenters. The van der Waals surface area contributed by atoms with E-state index in [1.165, 1.54) is 12.5 Å². The van der Waals surface area contributed by atoms with Gasteiger partial charge in [0, 0.05) is 43.0 Å². The number of anilines is 1. The van der Waals surface area contributed by atoms with Crippen LogP contribution in [-0.2, 0) is 0 Å². The number of likely N-dealkylation sites (tertiary alicyclic amines) is 1. The Labute approximate surface area is 188 Å². The topological polar surface area (TPSA) is 53.7 Å². The molecule has 1 aromatic carbocycles. The molecule has 1 amide bonds. The number of hydrogen-bond donors (Lipinski definition) is 0. The predicted octanol–water partition coefficient (Wildman–Crippen LogP) is 4.70. The number of nitrogens with zero attached hydrogens (tertiary/aromatic N) is 5. The summed E-state index contributed by atoms with van der Waals surface area (Å²) in [6.07, 6.45) is 6.05. The van der Waals surface area contributed by atoms with Crippen molar-refractivity contribution in [3.8, 4) is 0 Å². The molecule has 0 bridgehead atoms. The highest BCUT2D eigenvalue weighted by Crippen LogP contribution is 2.33. The summed E-state index contributed by atoms with van der Waals surface area (Å²) in [5.74, 6) is 1.24. The van der Waals surface area contributed by atoms with Gasteiger partial charge in [0.2, 0.25) is 0 Å². The minimum absolute atomic E-state index is 0.125. The fraction of sp³-hybridized carbons (Fsp3) is 0.480. The summed E-state index contributed by atoms with van der Waals surface area (Å²) in [5, 5.41) is 4.81. The molecule has 2 aliphatic heterocycles. The molecule has 2 atom stereocenters. The van der Waals surface area contributed by atoms with E-state index in [0.29, 0.717) is 23.6 Å². The number of carbonyl (C=O) groups excluding carboxylic acids is 1. The van der Waals surface area contributed by atoms with Gasteiger partial charge in [-0.2, -0.15) is 5.10 Å². The first-order chi connectivity index (χ1) is 15.4. The van der Waals surface area contributed by atoms with Gasteiger partial charge < -0.3 is 9.80 Å². The third kappa shape index (κ3) is 3.63. The summed E-state index contributed by atoms with van der Waals surface area (Å²) < 4.78 is 15.9. The lowest BCUT2D eigenvalue weighted by Crippen LogP contribution is -2.39. The largest absolute Gasteiger partial charge is 0.356 e. The molecule has 5 rings (SSSR count). The Balaban J connectivity index is 1.48. The lowest BCUT2D eigenvalue weighted by atomic mass is 9.97. The van der Waals surface area contributed by atoms with Crippen molar-refractivity contribution < 1.29 is 9.18 Å². The van der Waals surface area contributed by atoms with E-state index < -0.39 is 0 Å². The highest BCUT2D eigenvalue weighted by atomic mass is 19.1. The zero-order valence-electron chi connectivity index (χ0n) is 19.0. The minimum atomic E-state index is -0.347. The SMILES string of the molecule is Cc1cn2nc([C@@H]3CCCCN3C(=O)c3cccc(F)c3C)cc2nc1N1CC[C@H](C)C1. The third-order valence-corrected chi connectivity index (χ3v) is 6.95. The van der Waals surface area contributed by atoms with Crippen LogP contribution in [0.25, 0.3) is 5.65 Å². The van der Waals surface area contributed by atoms with Gasteiger partial charge in [-0.25, -0.2) is 13.9 Å². The van der Waals surface area contributed by atoms with E-state index in [9.17, 15) is 9.18 Å². The Kier molecular flexibility index (Phi) is 5.35. The van der Waals surface area contributed by atoms with Gasteiger partial charge in [-0.3, -0.25) is 4.79 Å². The van der Waals surface area contributed by atoms with Crippen LogP contribution in [0, 0.1) is 25.6 Å². The first kappa shape index (κ1) is 20.9. The van der Waals surface area contributed by atoms with Gasteiger partial charge in [0.25, 0.3) is 5.91 Å². The highest BCUT2D eigenvalue weighted by molar-refractivity contribution is 5.96. The molecule has 0 radical (unpaired) electrons. The molecule has 2 aliphatic rings. The summed E-state index contributed by atoms with van der Waals surface area (Å²) in [6.45, 7) is 8.73. The van der Waals surface area contributed by atoms with E-state index in [1.54, 1.807) is 19.1 Å². The van der Waals surface area contributed by atoms with Gasteiger partial charge in [0.1, 0.15) is 11.6 Å². The highest BCUT2D eigenvalue weighted by Gasteiger charge is 2.32. The van der Waals surface area contributed by atoms with Crippen molar-refractivity contribution in [1.82, 2.24) is 19.5 Å². The van der Waals surface area contributed by atoms with Crippen LogP contribution in [0.2, 0.25) is 0 Å². The number of rotatable bonds is 3. The van der Waals surface area contributed by atoms with E-state index in [-0.39, 0.29) is 17.8 Å². The quantitative estimate of drug-likeness (QED) is 0.599. The maximum atomic E-state index is 14.1. The number of carbonyl (C=O) groups is 1. The maximum absolute atomic E-state index is 14.1. The maximum Gasteiger partial charge on any atom is 0.254 e. The minimum Gasteiger partial charge on any atom is -0.356 e. The van der Waals surface area contributed by atoms with Crippen LogP contribution in [-0.4, -0.2) is 45.0 Å². The molecule has 0 aliphatic carbocycles. The van der Waals surface area contributed by atoms with Crippen molar-refractivity contribution in [2.24, 2.45) is 5.92 Å². The molecule has 32 heavy (non-hydrogen) atoms. The Morgan fingerprint density at radius 3 is 2.78 bits per heavy atom. The molecular formula is C25H30FN5O. The Morgan fingerprint density at radius 2 is 2.00 bits per heavy atom. The molecule has 6 nitrogen and oxygen atoms in total.